The lowest BCUT2D eigenvalue weighted by atomic mass is 9.69. The van der Waals surface area contributed by atoms with E-state index in [4.69, 9.17) is 5.73 Å². The summed E-state index contributed by atoms with van der Waals surface area (Å²) >= 11 is 0. The third kappa shape index (κ3) is 0.938. The van der Waals surface area contributed by atoms with E-state index in [9.17, 15) is 0 Å². The van der Waals surface area contributed by atoms with Crippen molar-refractivity contribution in [2.45, 2.75) is 45.7 Å². The van der Waals surface area contributed by atoms with Crippen LogP contribution in [-0.2, 0) is 0 Å². The van der Waals surface area contributed by atoms with E-state index in [1.54, 1.807) is 0 Å². The third-order valence-electron chi connectivity index (χ3n) is 5.49. The minimum Gasteiger partial charge on any atom is -0.326 e. The van der Waals surface area contributed by atoms with Gasteiger partial charge in [-0.1, -0.05) is 20.8 Å². The van der Waals surface area contributed by atoms with E-state index in [0.29, 0.717) is 22.9 Å². The first-order chi connectivity index (χ1) is 6.32. The summed E-state index contributed by atoms with van der Waals surface area (Å²) in [7, 11) is 4.34. The maximum Gasteiger partial charge on any atom is 0.0280 e. The van der Waals surface area contributed by atoms with Gasteiger partial charge in [0.1, 0.15) is 0 Å². The van der Waals surface area contributed by atoms with Crippen LogP contribution in [-0.4, -0.2) is 31.1 Å². The topological polar surface area (TPSA) is 29.3 Å². The van der Waals surface area contributed by atoms with Crippen molar-refractivity contribution in [2.75, 3.05) is 14.1 Å². The smallest absolute Gasteiger partial charge is 0.0280 e. The summed E-state index contributed by atoms with van der Waals surface area (Å²) in [4.78, 5) is 2.33. The maximum absolute atomic E-state index is 6.43. The van der Waals surface area contributed by atoms with Crippen LogP contribution in [0.3, 0.4) is 0 Å². The molecule has 2 heteroatoms. The summed E-state index contributed by atoms with van der Waals surface area (Å²) in [5.74, 6) is 0.789. The molecule has 2 fully saturated rings. The first-order valence-corrected chi connectivity index (χ1v) is 5.74. The highest BCUT2D eigenvalue weighted by Crippen LogP contribution is 2.65. The van der Waals surface area contributed by atoms with Gasteiger partial charge >= 0.3 is 0 Å². The van der Waals surface area contributed by atoms with Gasteiger partial charge in [-0.15, -0.1) is 0 Å². The van der Waals surface area contributed by atoms with E-state index in [-0.39, 0.29) is 0 Å². The Morgan fingerprint density at radius 3 is 2.07 bits per heavy atom. The quantitative estimate of drug-likeness (QED) is 0.691. The average molecular weight is 196 g/mol. The molecular formula is C12H24N2. The van der Waals surface area contributed by atoms with Gasteiger partial charge in [-0.05, 0) is 43.7 Å². The van der Waals surface area contributed by atoms with Crippen LogP contribution in [0.15, 0.2) is 0 Å². The first kappa shape index (κ1) is 10.4. The second-order valence-electron chi connectivity index (χ2n) is 6.26. The summed E-state index contributed by atoms with van der Waals surface area (Å²) in [6, 6.07) is 0.940. The zero-order valence-electron chi connectivity index (χ0n) is 10.2. The molecule has 0 unspecified atom stereocenters. The van der Waals surface area contributed by atoms with E-state index >= 15 is 0 Å². The molecular weight excluding hydrogens is 172 g/mol. The molecule has 0 aromatic carbocycles. The minimum absolute atomic E-state index is 0.353. The Hall–Kier alpha value is -0.0800. The van der Waals surface area contributed by atoms with E-state index in [2.05, 4.69) is 39.8 Å². The number of nitrogens with two attached hydrogens (primary N) is 1. The Labute approximate surface area is 87.8 Å². The summed E-state index contributed by atoms with van der Waals surface area (Å²) in [6.45, 7) is 7.21. The van der Waals surface area contributed by atoms with Crippen molar-refractivity contribution < 1.29 is 0 Å². The van der Waals surface area contributed by atoms with Crippen LogP contribution in [0.25, 0.3) is 0 Å². The number of hydrogen-bond acceptors (Lipinski definition) is 2. The van der Waals surface area contributed by atoms with Crippen molar-refractivity contribution in [3.63, 3.8) is 0 Å². The molecule has 0 aromatic heterocycles. The molecule has 0 aromatic rings. The number of likely N-dealkylation sites (N-methyl/N-ethyl adjacent to an activating group) is 1. The van der Waals surface area contributed by atoms with Crippen LogP contribution >= 0.6 is 0 Å². The van der Waals surface area contributed by atoms with Gasteiger partial charge in [0.2, 0.25) is 0 Å². The minimum atomic E-state index is 0.353. The fraction of sp³-hybridized carbons (Fsp3) is 1.00. The van der Waals surface area contributed by atoms with Crippen LogP contribution in [0.2, 0.25) is 0 Å². The Morgan fingerprint density at radius 1 is 1.21 bits per heavy atom. The van der Waals surface area contributed by atoms with Crippen molar-refractivity contribution in [3.05, 3.63) is 0 Å². The van der Waals surface area contributed by atoms with E-state index in [1.807, 2.05) is 0 Å². The lowest BCUT2D eigenvalue weighted by Gasteiger charge is -2.39. The monoisotopic (exact) mass is 196 g/mol. The predicted octanol–water partition coefficient (Wildman–Crippen LogP) is 1.70. The summed E-state index contributed by atoms with van der Waals surface area (Å²) in [5.41, 5.74) is 7.21. The molecule has 82 valence electrons. The molecule has 2 rings (SSSR count). The SMILES string of the molecule is CN(C)[C@@H]1[C@H]2CC[C@@](C)([C@H]1N)C2(C)C. The van der Waals surface area contributed by atoms with E-state index in [1.165, 1.54) is 12.8 Å². The van der Waals surface area contributed by atoms with E-state index in [0.717, 1.165) is 5.92 Å². The standard InChI is InChI=1S/C12H24N2/c1-11(2)8-6-7-12(11,3)10(13)9(8)14(4)5/h8-10H,6-7,13H2,1-5H3/t8-,9-,10+,12+/m1/s1. The molecule has 0 spiro atoms. The zero-order chi connectivity index (χ0) is 10.7. The van der Waals surface area contributed by atoms with Gasteiger partial charge in [0.15, 0.2) is 0 Å². The van der Waals surface area contributed by atoms with Crippen molar-refractivity contribution >= 4 is 0 Å². The molecule has 2 bridgehead atoms. The molecule has 0 saturated heterocycles. The fourth-order valence-electron chi connectivity index (χ4n) is 4.06. The number of rotatable bonds is 1. The van der Waals surface area contributed by atoms with Gasteiger partial charge in [0.05, 0.1) is 0 Å². The van der Waals surface area contributed by atoms with Crippen molar-refractivity contribution in [2.24, 2.45) is 22.5 Å². The molecule has 0 amide bonds. The third-order valence-corrected chi connectivity index (χ3v) is 5.49. The molecule has 0 radical (unpaired) electrons. The maximum atomic E-state index is 6.43. The van der Waals surface area contributed by atoms with Crippen LogP contribution in [0.5, 0.6) is 0 Å². The van der Waals surface area contributed by atoms with Gasteiger partial charge in [0.25, 0.3) is 0 Å². The largest absolute Gasteiger partial charge is 0.326 e. The lowest BCUT2D eigenvalue weighted by molar-refractivity contribution is 0.133. The van der Waals surface area contributed by atoms with Crippen molar-refractivity contribution in [3.8, 4) is 0 Å². The second-order valence-corrected chi connectivity index (χ2v) is 6.26. The Balaban J connectivity index is 2.39. The molecule has 2 aliphatic rings. The number of nitrogens with zero attached hydrogens (tertiary/aromatic N) is 1. The van der Waals surface area contributed by atoms with Crippen LogP contribution in [0.1, 0.15) is 33.6 Å². The van der Waals surface area contributed by atoms with Crippen molar-refractivity contribution in [1.29, 1.82) is 0 Å². The highest BCUT2D eigenvalue weighted by molar-refractivity contribution is 5.18. The van der Waals surface area contributed by atoms with Gasteiger partial charge in [-0.2, -0.15) is 0 Å². The average Bonchev–Trinajstić information content (AvgIpc) is 2.35. The summed E-state index contributed by atoms with van der Waals surface area (Å²) in [6.07, 6.45) is 2.68. The number of hydrogen-bond donors (Lipinski definition) is 1. The van der Waals surface area contributed by atoms with Crippen LogP contribution in [0.4, 0.5) is 0 Å². The van der Waals surface area contributed by atoms with E-state index < -0.39 is 0 Å². The Kier molecular flexibility index (Phi) is 2.04. The lowest BCUT2D eigenvalue weighted by Crippen LogP contribution is -2.51. The molecule has 2 aliphatic carbocycles. The molecule has 4 atom stereocenters. The van der Waals surface area contributed by atoms with Crippen molar-refractivity contribution in [1.82, 2.24) is 4.90 Å². The highest BCUT2D eigenvalue weighted by atomic mass is 15.2. The van der Waals surface area contributed by atoms with Crippen LogP contribution < -0.4 is 5.73 Å². The molecule has 2 N–H and O–H groups in total. The highest BCUT2D eigenvalue weighted by Gasteiger charge is 2.65. The summed E-state index contributed by atoms with van der Waals surface area (Å²) in [5, 5.41) is 0. The number of fused-ring (bicyclic) bond motifs is 2. The molecule has 0 heterocycles. The second kappa shape index (κ2) is 2.73. The molecule has 2 nitrogen and oxygen atoms in total. The zero-order valence-corrected chi connectivity index (χ0v) is 10.2. The Morgan fingerprint density at radius 2 is 1.79 bits per heavy atom. The van der Waals surface area contributed by atoms with Crippen LogP contribution in [0, 0.1) is 16.7 Å². The van der Waals surface area contributed by atoms with Gasteiger partial charge in [-0.25, -0.2) is 0 Å². The fourth-order valence-corrected chi connectivity index (χ4v) is 4.06. The Bertz CT molecular complexity index is 247. The van der Waals surface area contributed by atoms with Gasteiger partial charge in [0, 0.05) is 12.1 Å². The summed E-state index contributed by atoms with van der Waals surface area (Å²) < 4.78 is 0. The normalized spacial score (nSPS) is 50.4. The van der Waals surface area contributed by atoms with Gasteiger partial charge in [-0.3, -0.25) is 0 Å². The van der Waals surface area contributed by atoms with Gasteiger partial charge < -0.3 is 10.6 Å². The molecule has 14 heavy (non-hydrogen) atoms. The first-order valence-electron chi connectivity index (χ1n) is 5.74. The predicted molar refractivity (Wildman–Crippen MR) is 60.1 cm³/mol. The molecule has 0 aliphatic heterocycles. The molecule has 2 saturated carbocycles.